The molecule has 0 aromatic carbocycles. The molecule has 1 aromatic heterocycles. The number of nitrogens with zero attached hydrogens (tertiary/aromatic N) is 4. The van der Waals surface area contributed by atoms with Crippen LogP contribution in [-0.4, -0.2) is 64.9 Å². The highest BCUT2D eigenvalue weighted by Gasteiger charge is 2.33. The van der Waals surface area contributed by atoms with Crippen LogP contribution in [0.1, 0.15) is 13.8 Å². The fourth-order valence-electron chi connectivity index (χ4n) is 2.21. The van der Waals surface area contributed by atoms with Crippen molar-refractivity contribution in [3.63, 3.8) is 0 Å². The van der Waals surface area contributed by atoms with Crippen molar-refractivity contribution in [3.05, 3.63) is 0 Å². The summed E-state index contributed by atoms with van der Waals surface area (Å²) in [6.07, 6.45) is -4.41. The lowest BCUT2D eigenvalue weighted by Crippen LogP contribution is -2.38. The van der Waals surface area contributed by atoms with Crippen molar-refractivity contribution in [3.8, 4) is 0 Å². The zero-order valence-corrected chi connectivity index (χ0v) is 14.3. The number of alkyl halides is 3. The van der Waals surface area contributed by atoms with Crippen LogP contribution in [0.3, 0.4) is 0 Å². The van der Waals surface area contributed by atoms with Crippen molar-refractivity contribution in [2.24, 2.45) is 0 Å². The molecule has 1 amide bonds. The Morgan fingerprint density at radius 3 is 2.62 bits per heavy atom. The van der Waals surface area contributed by atoms with Gasteiger partial charge in [0.05, 0.1) is 18.5 Å². The molecule has 24 heavy (non-hydrogen) atoms. The first kappa shape index (κ1) is 18.8. The molecule has 1 atom stereocenters. The minimum Gasteiger partial charge on any atom is -0.378 e. The van der Waals surface area contributed by atoms with Crippen molar-refractivity contribution in [2.75, 3.05) is 37.7 Å². The molecule has 2 rings (SSSR count). The first-order chi connectivity index (χ1) is 11.3. The number of ether oxygens (including phenoxy) is 1. The lowest BCUT2D eigenvalue weighted by atomic mass is 10.4. The number of hydrogen-bond donors (Lipinski definition) is 1. The first-order valence-corrected chi connectivity index (χ1v) is 8.46. The molecular weight excluding hydrogens is 347 g/mol. The summed E-state index contributed by atoms with van der Waals surface area (Å²) >= 11 is 0.963. The van der Waals surface area contributed by atoms with Gasteiger partial charge in [-0.05, 0) is 13.8 Å². The number of carbonyl (C=O) groups is 1. The lowest BCUT2D eigenvalue weighted by molar-refractivity contribution is -0.141. The molecule has 0 saturated carbocycles. The van der Waals surface area contributed by atoms with Gasteiger partial charge in [0, 0.05) is 19.6 Å². The molecule has 136 valence electrons. The predicted molar refractivity (Wildman–Crippen MR) is 83.1 cm³/mol. The number of thioether (sulfide) groups is 1. The third-order valence-electron chi connectivity index (χ3n) is 3.33. The maximum atomic E-state index is 13.0. The molecule has 1 unspecified atom stereocenters. The van der Waals surface area contributed by atoms with Crippen molar-refractivity contribution in [1.82, 2.24) is 20.1 Å². The first-order valence-electron chi connectivity index (χ1n) is 7.59. The lowest BCUT2D eigenvalue weighted by Gasteiger charge is -2.28. The summed E-state index contributed by atoms with van der Waals surface area (Å²) in [6.45, 7) is 4.41. The average Bonchev–Trinajstić information content (AvgIpc) is 2.89. The van der Waals surface area contributed by atoms with Gasteiger partial charge >= 0.3 is 6.18 Å². The molecule has 1 aliphatic rings. The van der Waals surface area contributed by atoms with Crippen molar-refractivity contribution < 1.29 is 22.7 Å². The van der Waals surface area contributed by atoms with Crippen LogP contribution in [0.2, 0.25) is 0 Å². The van der Waals surface area contributed by atoms with Gasteiger partial charge in [-0.2, -0.15) is 13.2 Å². The van der Waals surface area contributed by atoms with Gasteiger partial charge in [-0.15, -0.1) is 10.2 Å². The van der Waals surface area contributed by atoms with Gasteiger partial charge < -0.3 is 15.0 Å². The van der Waals surface area contributed by atoms with E-state index in [4.69, 9.17) is 4.74 Å². The molecule has 1 saturated heterocycles. The van der Waals surface area contributed by atoms with E-state index in [0.29, 0.717) is 32.8 Å². The average molecular weight is 367 g/mol. The molecule has 1 aliphatic heterocycles. The number of hydrogen-bond acceptors (Lipinski definition) is 6. The second kappa shape index (κ2) is 8.06. The van der Waals surface area contributed by atoms with Gasteiger partial charge in [-0.1, -0.05) is 11.8 Å². The van der Waals surface area contributed by atoms with Crippen LogP contribution in [0.15, 0.2) is 5.16 Å². The van der Waals surface area contributed by atoms with Crippen molar-refractivity contribution >= 4 is 23.6 Å². The largest absolute Gasteiger partial charge is 0.406 e. The SMILES string of the molecule is CCNC(=O)C(C)Sc1nnc(N2CCOCC2)n1CC(F)(F)F. The summed E-state index contributed by atoms with van der Waals surface area (Å²) in [5, 5.41) is 9.93. The Balaban J connectivity index is 2.23. The van der Waals surface area contributed by atoms with Crippen LogP contribution in [0.4, 0.5) is 19.1 Å². The van der Waals surface area contributed by atoms with E-state index in [0.717, 1.165) is 16.3 Å². The van der Waals surface area contributed by atoms with E-state index < -0.39 is 18.0 Å². The number of aromatic nitrogens is 3. The predicted octanol–water partition coefficient (Wildman–Crippen LogP) is 1.29. The van der Waals surface area contributed by atoms with E-state index in [-0.39, 0.29) is 17.0 Å². The minimum atomic E-state index is -4.41. The van der Waals surface area contributed by atoms with E-state index in [2.05, 4.69) is 15.5 Å². The van der Waals surface area contributed by atoms with Gasteiger partial charge in [-0.3, -0.25) is 9.36 Å². The normalized spacial score (nSPS) is 17.0. The number of amides is 1. The van der Waals surface area contributed by atoms with Gasteiger partial charge in [0.1, 0.15) is 6.54 Å². The van der Waals surface area contributed by atoms with Crippen LogP contribution < -0.4 is 10.2 Å². The van der Waals surface area contributed by atoms with E-state index in [9.17, 15) is 18.0 Å². The molecule has 1 fully saturated rings. The summed E-state index contributed by atoms with van der Waals surface area (Å²) in [6, 6.07) is 0. The Morgan fingerprint density at radius 1 is 1.38 bits per heavy atom. The number of nitrogens with one attached hydrogen (secondary N) is 1. The van der Waals surface area contributed by atoms with Crippen molar-refractivity contribution in [1.29, 1.82) is 0 Å². The molecule has 11 heteroatoms. The Morgan fingerprint density at radius 2 is 2.04 bits per heavy atom. The van der Waals surface area contributed by atoms with Crippen LogP contribution in [0.25, 0.3) is 0 Å². The van der Waals surface area contributed by atoms with Gasteiger partial charge in [0.15, 0.2) is 5.16 Å². The number of carbonyl (C=O) groups excluding carboxylic acids is 1. The van der Waals surface area contributed by atoms with Crippen LogP contribution in [0, 0.1) is 0 Å². The summed E-state index contributed by atoms with van der Waals surface area (Å²) in [7, 11) is 0. The van der Waals surface area contributed by atoms with Crippen LogP contribution in [-0.2, 0) is 16.1 Å². The maximum Gasteiger partial charge on any atom is 0.406 e. The Kier molecular flexibility index (Phi) is 6.33. The van der Waals surface area contributed by atoms with Gasteiger partial charge in [-0.25, -0.2) is 0 Å². The van der Waals surface area contributed by atoms with E-state index >= 15 is 0 Å². The number of morpholine rings is 1. The Labute approximate surface area is 141 Å². The second-order valence-electron chi connectivity index (χ2n) is 5.24. The van der Waals surface area contributed by atoms with Gasteiger partial charge in [0.2, 0.25) is 11.9 Å². The van der Waals surface area contributed by atoms with E-state index in [1.807, 2.05) is 0 Å². The number of anilines is 1. The zero-order valence-electron chi connectivity index (χ0n) is 13.5. The molecule has 0 bridgehead atoms. The van der Waals surface area contributed by atoms with Crippen molar-refractivity contribution in [2.45, 2.75) is 37.0 Å². The highest BCUT2D eigenvalue weighted by molar-refractivity contribution is 8.00. The highest BCUT2D eigenvalue weighted by atomic mass is 32.2. The number of halogens is 3. The fourth-order valence-corrected chi connectivity index (χ4v) is 3.08. The smallest absolute Gasteiger partial charge is 0.378 e. The number of rotatable bonds is 6. The Hall–Kier alpha value is -1.49. The molecule has 2 heterocycles. The zero-order chi connectivity index (χ0) is 17.7. The molecular formula is C13H20F3N5O2S. The van der Waals surface area contributed by atoms with Crippen LogP contribution in [0.5, 0.6) is 0 Å². The Bertz CT molecular complexity index is 560. The molecule has 1 aromatic rings. The summed E-state index contributed by atoms with van der Waals surface area (Å²) in [5.41, 5.74) is 0. The maximum absolute atomic E-state index is 13.0. The van der Waals surface area contributed by atoms with E-state index in [1.54, 1.807) is 18.7 Å². The minimum absolute atomic E-state index is 0.0765. The van der Waals surface area contributed by atoms with Gasteiger partial charge in [0.25, 0.3) is 0 Å². The molecule has 0 aliphatic carbocycles. The monoisotopic (exact) mass is 367 g/mol. The second-order valence-corrected chi connectivity index (χ2v) is 6.55. The quantitative estimate of drug-likeness (QED) is 0.764. The summed E-state index contributed by atoms with van der Waals surface area (Å²) < 4.78 is 45.1. The molecule has 0 spiro atoms. The molecule has 7 nitrogen and oxygen atoms in total. The van der Waals surface area contributed by atoms with E-state index in [1.165, 1.54) is 0 Å². The fraction of sp³-hybridized carbons (Fsp3) is 0.769. The standard InChI is InChI=1S/C13H20F3N5O2S/c1-3-17-10(22)9(2)24-12-19-18-11(20-4-6-23-7-5-20)21(12)8-13(14,15)16/h9H,3-8H2,1-2H3,(H,17,22). The molecule has 1 N–H and O–H groups in total. The topological polar surface area (TPSA) is 72.3 Å². The third kappa shape index (κ3) is 5.00. The third-order valence-corrected chi connectivity index (χ3v) is 4.41. The summed E-state index contributed by atoms with van der Waals surface area (Å²) in [5.74, 6) is -0.0989. The summed E-state index contributed by atoms with van der Waals surface area (Å²) in [4.78, 5) is 13.5. The van der Waals surface area contributed by atoms with Crippen LogP contribution >= 0.6 is 11.8 Å². The highest BCUT2D eigenvalue weighted by Crippen LogP contribution is 2.29. The molecule has 0 radical (unpaired) electrons.